The summed E-state index contributed by atoms with van der Waals surface area (Å²) in [5.74, 6) is -4.61. The van der Waals surface area contributed by atoms with Gasteiger partial charge in [0.25, 0.3) is 0 Å². The van der Waals surface area contributed by atoms with E-state index in [1.54, 1.807) is 0 Å². The monoisotopic (exact) mass is 462 g/mol. The van der Waals surface area contributed by atoms with E-state index >= 15 is 0 Å². The number of rotatable bonds is 7. The van der Waals surface area contributed by atoms with Crippen molar-refractivity contribution in [1.82, 2.24) is 0 Å². The van der Waals surface area contributed by atoms with Gasteiger partial charge in [-0.1, -0.05) is 0 Å². The van der Waals surface area contributed by atoms with Gasteiger partial charge in [0.05, 0.1) is 13.2 Å². The van der Waals surface area contributed by atoms with Gasteiger partial charge in [0.2, 0.25) is 0 Å². The summed E-state index contributed by atoms with van der Waals surface area (Å²) in [6.07, 6.45) is 0. The molecule has 0 radical (unpaired) electrons. The molecular formula is C8H20Na4O12P2. The van der Waals surface area contributed by atoms with E-state index in [0.29, 0.717) is 0 Å². The van der Waals surface area contributed by atoms with Crippen molar-refractivity contribution in [2.45, 2.75) is 24.5 Å². The Kier molecular flexibility index (Phi) is 22.9. The molecule has 0 amide bonds. The first-order valence-electron chi connectivity index (χ1n) is 5.62. The van der Waals surface area contributed by atoms with Crippen LogP contribution in [0.1, 0.15) is 19.6 Å². The van der Waals surface area contributed by atoms with E-state index in [4.69, 9.17) is 19.6 Å². The summed E-state index contributed by atoms with van der Waals surface area (Å²) in [4.78, 5) is 59.7. The molecule has 0 bridgehead atoms. The van der Waals surface area contributed by atoms with Crippen LogP contribution in [-0.2, 0) is 28.2 Å². The van der Waals surface area contributed by atoms with Crippen LogP contribution in [0.25, 0.3) is 0 Å². The van der Waals surface area contributed by atoms with E-state index < -0.39 is 51.0 Å². The third kappa shape index (κ3) is 8.01. The SMILES string of the molecule is CCOC(=O)C(O)(C(O)(C(=O)OCC)P(=O)(O)O)P(=O)(O)O.[H-].[H-].[H-].[H-].[Na+].[Na+].[Na+].[Na+]. The smallest absolute Gasteiger partial charge is 1.00 e. The number of hydrogen-bond donors (Lipinski definition) is 6. The van der Waals surface area contributed by atoms with Crippen molar-refractivity contribution < 1.29 is 182 Å². The van der Waals surface area contributed by atoms with Crippen LogP contribution in [0.4, 0.5) is 0 Å². The van der Waals surface area contributed by atoms with Crippen LogP contribution >= 0.6 is 15.2 Å². The summed E-state index contributed by atoms with van der Waals surface area (Å²) in [7, 11) is -12.5. The molecule has 0 aromatic heterocycles. The van der Waals surface area contributed by atoms with Crippen LogP contribution in [0, 0.1) is 0 Å². The molecule has 0 aromatic carbocycles. The first-order valence-corrected chi connectivity index (χ1v) is 8.84. The van der Waals surface area contributed by atoms with E-state index in [2.05, 4.69) is 9.47 Å². The number of hydrogen-bond acceptors (Lipinski definition) is 8. The molecule has 0 aliphatic carbocycles. The zero-order chi connectivity index (χ0) is 18.0. The van der Waals surface area contributed by atoms with Gasteiger partial charge in [-0.3, -0.25) is 9.13 Å². The number of ether oxygens (including phenoxy) is 2. The van der Waals surface area contributed by atoms with Gasteiger partial charge in [-0.2, -0.15) is 0 Å². The topological polar surface area (TPSA) is 208 Å². The van der Waals surface area contributed by atoms with Gasteiger partial charge in [-0.25, -0.2) is 9.59 Å². The molecule has 26 heavy (non-hydrogen) atoms. The van der Waals surface area contributed by atoms with Crippen LogP contribution in [-0.4, -0.2) is 65.6 Å². The maximum absolute atomic E-state index is 11.6. The number of esters is 2. The number of carbonyl (C=O) groups excluding carboxylic acids is 2. The van der Waals surface area contributed by atoms with E-state index in [9.17, 15) is 28.9 Å². The molecule has 6 N–H and O–H groups in total. The second-order valence-electron chi connectivity index (χ2n) is 3.87. The molecule has 0 aliphatic heterocycles. The van der Waals surface area contributed by atoms with Crippen molar-refractivity contribution >= 4 is 27.1 Å². The Bertz CT molecular complexity index is 518. The quantitative estimate of drug-likeness (QED) is 0.118. The summed E-state index contributed by atoms with van der Waals surface area (Å²) < 4.78 is 31.0. The minimum atomic E-state index is -6.23. The minimum absolute atomic E-state index is 0. The molecule has 0 rings (SSSR count). The Hall–Kier alpha value is 3.16. The third-order valence-electron chi connectivity index (χ3n) is 2.45. The van der Waals surface area contributed by atoms with Gasteiger partial charge in [0, 0.05) is 0 Å². The maximum Gasteiger partial charge on any atom is 1.00 e. The van der Waals surface area contributed by atoms with Crippen molar-refractivity contribution in [2.24, 2.45) is 0 Å². The maximum atomic E-state index is 11.6. The molecule has 0 heterocycles. The average molecular weight is 462 g/mol. The summed E-state index contributed by atoms with van der Waals surface area (Å²) in [6.45, 7) is 1.11. The van der Waals surface area contributed by atoms with Crippen molar-refractivity contribution in [3.63, 3.8) is 0 Å². The largest absolute Gasteiger partial charge is 1.00 e. The summed E-state index contributed by atoms with van der Waals surface area (Å²) >= 11 is 0. The molecule has 18 heteroatoms. The van der Waals surface area contributed by atoms with Crippen LogP contribution in [0.2, 0.25) is 0 Å². The van der Waals surface area contributed by atoms with Crippen LogP contribution < -0.4 is 118 Å². The molecule has 0 fully saturated rings. The fraction of sp³-hybridized carbons (Fsp3) is 0.750. The fourth-order valence-corrected chi connectivity index (χ4v) is 3.77. The minimum Gasteiger partial charge on any atom is -1.00 e. The van der Waals surface area contributed by atoms with E-state index in [1.165, 1.54) is 0 Å². The van der Waals surface area contributed by atoms with E-state index in [-0.39, 0.29) is 124 Å². The molecule has 0 saturated heterocycles. The van der Waals surface area contributed by atoms with E-state index in [0.717, 1.165) is 13.8 Å². The molecule has 2 unspecified atom stereocenters. The molecule has 0 aliphatic rings. The Labute approximate surface area is 243 Å². The normalized spacial score (nSPS) is 15.2. The number of aliphatic hydroxyl groups is 2. The zero-order valence-corrected chi connectivity index (χ0v) is 25.2. The van der Waals surface area contributed by atoms with Crippen molar-refractivity contribution in [2.75, 3.05) is 13.2 Å². The first kappa shape index (κ1) is 39.6. The van der Waals surface area contributed by atoms with Gasteiger partial charge in [-0.05, 0) is 13.8 Å². The molecule has 0 aromatic rings. The summed E-state index contributed by atoms with van der Waals surface area (Å²) in [5.41, 5.74) is 0. The Morgan fingerprint density at radius 3 is 1.08 bits per heavy atom. The Morgan fingerprint density at radius 1 is 0.769 bits per heavy atom. The van der Waals surface area contributed by atoms with Crippen molar-refractivity contribution in [3.05, 3.63) is 0 Å². The molecule has 0 spiro atoms. The first-order chi connectivity index (χ1) is 9.71. The Morgan fingerprint density at radius 2 is 0.962 bits per heavy atom. The van der Waals surface area contributed by atoms with Gasteiger partial charge >= 0.3 is 156 Å². The van der Waals surface area contributed by atoms with Crippen LogP contribution in [0.15, 0.2) is 0 Å². The molecule has 0 saturated carbocycles. The van der Waals surface area contributed by atoms with Gasteiger partial charge < -0.3 is 45.0 Å². The Balaban J connectivity index is -0.0000000787. The standard InChI is InChI=1S/C8H16O12P2.4Na.4H/c1-3-19-5(9)7(11,21(13,14)15)8(12,22(16,17)18)6(10)20-4-2;;;;;;;;/h11-12H,3-4H2,1-2H3,(H2,13,14,15)(H2,16,17,18);;;;;;;;/q;4*+1;4*-1. The zero-order valence-electron chi connectivity index (χ0n) is 19.4. The molecule has 12 nitrogen and oxygen atoms in total. The van der Waals surface area contributed by atoms with Gasteiger partial charge in [-0.15, -0.1) is 0 Å². The van der Waals surface area contributed by atoms with Gasteiger partial charge in [0.15, 0.2) is 0 Å². The van der Waals surface area contributed by atoms with E-state index in [1.807, 2.05) is 0 Å². The average Bonchev–Trinajstić information content (AvgIpc) is 2.34. The predicted octanol–water partition coefficient (Wildman–Crippen LogP) is -13.7. The second kappa shape index (κ2) is 15.0. The van der Waals surface area contributed by atoms with Crippen LogP contribution in [0.5, 0.6) is 0 Å². The van der Waals surface area contributed by atoms with Gasteiger partial charge in [0.1, 0.15) is 0 Å². The summed E-state index contributed by atoms with van der Waals surface area (Å²) in [6, 6.07) is 0. The van der Waals surface area contributed by atoms with Crippen LogP contribution in [0.3, 0.4) is 0 Å². The fourth-order valence-electron chi connectivity index (χ4n) is 1.39. The van der Waals surface area contributed by atoms with Crippen molar-refractivity contribution in [1.29, 1.82) is 0 Å². The molecule has 2 atom stereocenters. The molecule has 138 valence electrons. The number of carbonyl (C=O) groups is 2. The van der Waals surface area contributed by atoms with Crippen molar-refractivity contribution in [3.8, 4) is 0 Å². The summed E-state index contributed by atoms with van der Waals surface area (Å²) in [5, 5.41) is 10.7. The molecular weight excluding hydrogens is 442 g/mol. The third-order valence-corrected chi connectivity index (χ3v) is 5.32. The predicted molar refractivity (Wildman–Crippen MR) is 71.7 cm³/mol. The second-order valence-corrected chi connectivity index (χ2v) is 7.34.